The summed E-state index contributed by atoms with van der Waals surface area (Å²) in [5, 5.41) is 9.01. The number of aliphatic hydroxyl groups is 1. The number of hydrogen-bond donors (Lipinski definition) is 1. The summed E-state index contributed by atoms with van der Waals surface area (Å²) in [6, 6.07) is 10.2. The third-order valence-corrected chi connectivity index (χ3v) is 1.69. The highest BCUT2D eigenvalue weighted by Crippen LogP contribution is 2.03. The average Bonchev–Trinajstić information content (AvgIpc) is 2.03. The van der Waals surface area contributed by atoms with Crippen molar-refractivity contribution in [2.45, 2.75) is 25.9 Å². The second kappa shape index (κ2) is 4.14. The summed E-state index contributed by atoms with van der Waals surface area (Å²) >= 11 is 0. The number of aryl methyl sites for hydroxylation is 1. The minimum absolute atomic E-state index is 0.185. The van der Waals surface area contributed by atoms with Crippen LogP contribution in [0.5, 0.6) is 0 Å². The van der Waals surface area contributed by atoms with Crippen LogP contribution >= 0.6 is 0 Å². The molecule has 0 amide bonds. The maximum atomic E-state index is 9.01. The minimum Gasteiger partial charge on any atom is -0.393 e. The maximum absolute atomic E-state index is 9.01. The highest BCUT2D eigenvalue weighted by Gasteiger charge is 1.95. The molecular weight excluding hydrogens is 136 g/mol. The average molecular weight is 150 g/mol. The van der Waals surface area contributed by atoms with Gasteiger partial charge in [0.05, 0.1) is 6.10 Å². The van der Waals surface area contributed by atoms with Crippen molar-refractivity contribution in [1.82, 2.24) is 0 Å². The Morgan fingerprint density at radius 2 is 1.91 bits per heavy atom. The molecule has 1 aromatic rings. The van der Waals surface area contributed by atoms with E-state index in [1.165, 1.54) is 5.56 Å². The fourth-order valence-electron chi connectivity index (χ4n) is 1.02. The van der Waals surface area contributed by atoms with E-state index in [4.69, 9.17) is 5.11 Å². The van der Waals surface area contributed by atoms with Crippen molar-refractivity contribution in [3.63, 3.8) is 0 Å². The zero-order chi connectivity index (χ0) is 8.10. The molecule has 0 bridgehead atoms. The van der Waals surface area contributed by atoms with E-state index in [2.05, 4.69) is 12.1 Å². The summed E-state index contributed by atoms with van der Waals surface area (Å²) in [6.07, 6.45) is 1.64. The largest absolute Gasteiger partial charge is 0.393 e. The molecule has 0 spiro atoms. The molecule has 11 heavy (non-hydrogen) atoms. The molecule has 1 rings (SSSR count). The van der Waals surface area contributed by atoms with Crippen LogP contribution in [0.3, 0.4) is 0 Å². The molecule has 1 aromatic carbocycles. The lowest BCUT2D eigenvalue weighted by Crippen LogP contribution is -2.00. The van der Waals surface area contributed by atoms with Crippen LogP contribution in [-0.4, -0.2) is 11.2 Å². The van der Waals surface area contributed by atoms with E-state index in [9.17, 15) is 0 Å². The number of rotatable bonds is 3. The van der Waals surface area contributed by atoms with Crippen molar-refractivity contribution in [2.24, 2.45) is 0 Å². The molecule has 0 aliphatic heterocycles. The Hall–Kier alpha value is -0.820. The molecule has 1 nitrogen and oxygen atoms in total. The van der Waals surface area contributed by atoms with E-state index in [1.807, 2.05) is 25.1 Å². The van der Waals surface area contributed by atoms with Gasteiger partial charge in [0.15, 0.2) is 0 Å². The second-order valence-electron chi connectivity index (χ2n) is 2.87. The van der Waals surface area contributed by atoms with Crippen molar-refractivity contribution < 1.29 is 5.11 Å². The molecule has 0 aliphatic rings. The zero-order valence-electron chi connectivity index (χ0n) is 6.83. The highest BCUT2D eigenvalue weighted by molar-refractivity contribution is 5.14. The number of aliphatic hydroxyl groups excluding tert-OH is 1. The molecule has 0 fully saturated rings. The van der Waals surface area contributed by atoms with Gasteiger partial charge < -0.3 is 5.11 Å². The lowest BCUT2D eigenvalue weighted by Gasteiger charge is -2.02. The van der Waals surface area contributed by atoms with Crippen molar-refractivity contribution in [2.75, 3.05) is 0 Å². The van der Waals surface area contributed by atoms with E-state index in [0.29, 0.717) is 0 Å². The zero-order valence-corrected chi connectivity index (χ0v) is 6.83. The van der Waals surface area contributed by atoms with Gasteiger partial charge in [-0.15, -0.1) is 0 Å². The normalized spacial score (nSPS) is 12.9. The first-order valence-electron chi connectivity index (χ1n) is 4.01. The first kappa shape index (κ1) is 8.28. The standard InChI is InChI=1S/C10H14O/c1-9(11)7-8-10-5-3-2-4-6-10/h2-6,9,11H,7-8H2,1H3. The molecule has 0 heterocycles. The van der Waals surface area contributed by atoms with Crippen molar-refractivity contribution in [3.05, 3.63) is 35.9 Å². The fourth-order valence-corrected chi connectivity index (χ4v) is 1.02. The molecule has 0 aliphatic carbocycles. The SMILES string of the molecule is CC(O)CCc1ccccc1. The van der Waals surface area contributed by atoms with Crippen LogP contribution < -0.4 is 0 Å². The summed E-state index contributed by atoms with van der Waals surface area (Å²) < 4.78 is 0. The fraction of sp³-hybridized carbons (Fsp3) is 0.400. The summed E-state index contributed by atoms with van der Waals surface area (Å²) in [5.74, 6) is 0. The highest BCUT2D eigenvalue weighted by atomic mass is 16.3. The lowest BCUT2D eigenvalue weighted by molar-refractivity contribution is 0.185. The van der Waals surface area contributed by atoms with E-state index < -0.39 is 0 Å². The predicted molar refractivity (Wildman–Crippen MR) is 46.4 cm³/mol. The van der Waals surface area contributed by atoms with Crippen LogP contribution in [0.15, 0.2) is 30.3 Å². The quantitative estimate of drug-likeness (QED) is 0.698. The second-order valence-corrected chi connectivity index (χ2v) is 2.87. The molecule has 1 atom stereocenters. The Balaban J connectivity index is 2.39. The van der Waals surface area contributed by atoms with E-state index in [-0.39, 0.29) is 6.10 Å². The first-order chi connectivity index (χ1) is 5.29. The van der Waals surface area contributed by atoms with Gasteiger partial charge in [-0.1, -0.05) is 30.3 Å². The monoisotopic (exact) mass is 150 g/mol. The topological polar surface area (TPSA) is 20.2 Å². The summed E-state index contributed by atoms with van der Waals surface area (Å²) in [7, 11) is 0. The molecule has 0 aromatic heterocycles. The van der Waals surface area contributed by atoms with Gasteiger partial charge in [0, 0.05) is 0 Å². The number of benzene rings is 1. The molecule has 1 heteroatoms. The Kier molecular flexibility index (Phi) is 3.12. The van der Waals surface area contributed by atoms with Crippen LogP contribution in [0, 0.1) is 0 Å². The van der Waals surface area contributed by atoms with Crippen LogP contribution in [0.2, 0.25) is 0 Å². The van der Waals surface area contributed by atoms with Gasteiger partial charge in [-0.3, -0.25) is 0 Å². The molecule has 0 saturated heterocycles. The van der Waals surface area contributed by atoms with Gasteiger partial charge in [-0.05, 0) is 25.3 Å². The Morgan fingerprint density at radius 1 is 1.27 bits per heavy atom. The Bertz CT molecular complexity index is 191. The summed E-state index contributed by atoms with van der Waals surface area (Å²) in [4.78, 5) is 0. The minimum atomic E-state index is -0.185. The van der Waals surface area contributed by atoms with Gasteiger partial charge in [0.25, 0.3) is 0 Å². The maximum Gasteiger partial charge on any atom is 0.0515 e. The Labute approximate surface area is 67.7 Å². The first-order valence-corrected chi connectivity index (χ1v) is 4.01. The molecule has 0 saturated carbocycles. The van der Waals surface area contributed by atoms with Gasteiger partial charge >= 0.3 is 0 Å². The van der Waals surface area contributed by atoms with E-state index in [0.717, 1.165) is 12.8 Å². The molecule has 60 valence electrons. The van der Waals surface area contributed by atoms with Crippen molar-refractivity contribution in [1.29, 1.82) is 0 Å². The molecule has 1 N–H and O–H groups in total. The van der Waals surface area contributed by atoms with Gasteiger partial charge in [-0.2, -0.15) is 0 Å². The van der Waals surface area contributed by atoms with Crippen LogP contribution in [0.4, 0.5) is 0 Å². The predicted octanol–water partition coefficient (Wildman–Crippen LogP) is 2.00. The summed E-state index contributed by atoms with van der Waals surface area (Å²) in [5.41, 5.74) is 1.30. The third-order valence-electron chi connectivity index (χ3n) is 1.69. The van der Waals surface area contributed by atoms with Crippen LogP contribution in [-0.2, 0) is 6.42 Å². The van der Waals surface area contributed by atoms with Crippen LogP contribution in [0.1, 0.15) is 18.9 Å². The summed E-state index contributed by atoms with van der Waals surface area (Å²) in [6.45, 7) is 1.82. The molecule has 0 radical (unpaired) electrons. The van der Waals surface area contributed by atoms with Gasteiger partial charge in [0.2, 0.25) is 0 Å². The van der Waals surface area contributed by atoms with Crippen molar-refractivity contribution in [3.8, 4) is 0 Å². The third kappa shape index (κ3) is 3.19. The van der Waals surface area contributed by atoms with E-state index >= 15 is 0 Å². The van der Waals surface area contributed by atoms with Gasteiger partial charge in [0.1, 0.15) is 0 Å². The lowest BCUT2D eigenvalue weighted by atomic mass is 10.1. The van der Waals surface area contributed by atoms with Gasteiger partial charge in [-0.25, -0.2) is 0 Å². The number of hydrogen-bond acceptors (Lipinski definition) is 1. The van der Waals surface area contributed by atoms with Crippen molar-refractivity contribution >= 4 is 0 Å². The molecular formula is C10H14O. The molecule has 1 unspecified atom stereocenters. The van der Waals surface area contributed by atoms with Crippen LogP contribution in [0.25, 0.3) is 0 Å². The Morgan fingerprint density at radius 3 is 2.45 bits per heavy atom. The smallest absolute Gasteiger partial charge is 0.0515 e. The van der Waals surface area contributed by atoms with E-state index in [1.54, 1.807) is 0 Å².